The Morgan fingerprint density at radius 2 is 2.00 bits per heavy atom. The topological polar surface area (TPSA) is 70.3 Å². The van der Waals surface area contributed by atoms with Gasteiger partial charge in [-0.3, -0.25) is 0 Å². The predicted molar refractivity (Wildman–Crippen MR) is 81.5 cm³/mol. The number of carbonyl (C=O) groups is 1. The molecule has 1 heterocycles. The molecule has 4 heteroatoms. The number of carboxylic acids is 1. The van der Waals surface area contributed by atoms with E-state index in [-0.39, 0.29) is 5.56 Å². The summed E-state index contributed by atoms with van der Waals surface area (Å²) in [5.74, 6) is -0.517. The summed E-state index contributed by atoms with van der Waals surface area (Å²) in [5, 5.41) is 18.5. The molecule has 0 spiro atoms. The highest BCUT2D eigenvalue weighted by molar-refractivity contribution is 5.92. The fourth-order valence-corrected chi connectivity index (χ4v) is 2.63. The minimum atomic E-state index is -1.00. The van der Waals surface area contributed by atoms with Gasteiger partial charge in [0, 0.05) is 16.7 Å². The van der Waals surface area contributed by atoms with E-state index in [0.29, 0.717) is 17.9 Å². The molecule has 2 aromatic rings. The first-order chi connectivity index (χ1) is 10.6. The molecule has 0 saturated heterocycles. The number of benzene rings is 2. The average molecular weight is 291 g/mol. The Balaban J connectivity index is 2.30. The smallest absolute Gasteiger partial charge is 0.335 e. The Morgan fingerprint density at radius 1 is 1.23 bits per heavy atom. The molecule has 0 bridgehead atoms. The number of aromatic carboxylic acids is 1. The molecule has 0 atom stereocenters. The summed E-state index contributed by atoms with van der Waals surface area (Å²) >= 11 is 0. The van der Waals surface area contributed by atoms with Crippen LogP contribution in [0.4, 0.5) is 0 Å². The lowest BCUT2D eigenvalue weighted by atomic mass is 9.90. The largest absolute Gasteiger partial charge is 0.488 e. The van der Waals surface area contributed by atoms with Gasteiger partial charge in [0.1, 0.15) is 12.4 Å². The monoisotopic (exact) mass is 291 g/mol. The number of hydrogen-bond acceptors (Lipinski definition) is 3. The fourth-order valence-electron chi connectivity index (χ4n) is 2.63. The third-order valence-corrected chi connectivity index (χ3v) is 3.71. The number of carboxylic acid groups (broad SMARTS) is 1. The lowest BCUT2D eigenvalue weighted by Gasteiger charge is -2.11. The minimum Gasteiger partial charge on any atom is -0.488 e. The van der Waals surface area contributed by atoms with Crippen molar-refractivity contribution in [2.75, 3.05) is 0 Å². The molecule has 4 nitrogen and oxygen atoms in total. The summed E-state index contributed by atoms with van der Waals surface area (Å²) < 4.78 is 5.78. The van der Waals surface area contributed by atoms with E-state index in [2.05, 4.69) is 6.07 Å². The molecular weight excluding hydrogens is 278 g/mol. The van der Waals surface area contributed by atoms with Crippen molar-refractivity contribution >= 4 is 11.5 Å². The van der Waals surface area contributed by atoms with Gasteiger partial charge in [-0.05, 0) is 36.2 Å². The van der Waals surface area contributed by atoms with Crippen LogP contribution < -0.4 is 4.74 Å². The zero-order valence-electron chi connectivity index (χ0n) is 12.0. The standard InChI is InChI=1S/C18H13NO3/c1-11(9-19)17-14-5-3-2-4-13(14)10-22-16-8-12(18(20)21)6-7-15(16)17/h2-8H,10H2,1H3,(H,20,21)/b17-11+. The molecule has 0 aromatic heterocycles. The molecule has 0 amide bonds. The molecule has 22 heavy (non-hydrogen) atoms. The van der Waals surface area contributed by atoms with Crippen molar-refractivity contribution in [2.45, 2.75) is 13.5 Å². The zero-order valence-corrected chi connectivity index (χ0v) is 12.0. The second-order valence-corrected chi connectivity index (χ2v) is 5.07. The van der Waals surface area contributed by atoms with Crippen molar-refractivity contribution in [3.8, 4) is 11.8 Å². The van der Waals surface area contributed by atoms with Crippen molar-refractivity contribution < 1.29 is 14.6 Å². The third kappa shape index (κ3) is 2.23. The highest BCUT2D eigenvalue weighted by Crippen LogP contribution is 2.38. The summed E-state index contributed by atoms with van der Waals surface area (Å²) in [6, 6.07) is 14.7. The predicted octanol–water partition coefficient (Wildman–Crippen LogP) is 3.62. The van der Waals surface area contributed by atoms with Gasteiger partial charge in [-0.1, -0.05) is 24.3 Å². The Kier molecular flexibility index (Phi) is 3.40. The molecule has 2 aromatic carbocycles. The van der Waals surface area contributed by atoms with Crippen LogP contribution in [0.15, 0.2) is 48.0 Å². The number of nitrogens with zero attached hydrogens (tertiary/aromatic N) is 1. The molecule has 0 radical (unpaired) electrons. The molecule has 3 rings (SSSR count). The number of allylic oxidation sites excluding steroid dienone is 1. The number of ether oxygens (including phenoxy) is 1. The highest BCUT2D eigenvalue weighted by atomic mass is 16.5. The first-order valence-corrected chi connectivity index (χ1v) is 6.81. The maximum Gasteiger partial charge on any atom is 0.335 e. The molecule has 1 N–H and O–H groups in total. The molecule has 0 saturated carbocycles. The van der Waals surface area contributed by atoms with Crippen LogP contribution >= 0.6 is 0 Å². The summed E-state index contributed by atoms with van der Waals surface area (Å²) in [4.78, 5) is 11.1. The Bertz CT molecular complexity index is 844. The second-order valence-electron chi connectivity index (χ2n) is 5.07. The summed E-state index contributed by atoms with van der Waals surface area (Å²) in [6.45, 7) is 2.10. The van der Waals surface area contributed by atoms with Crippen LogP contribution in [0.5, 0.6) is 5.75 Å². The molecule has 0 fully saturated rings. The average Bonchev–Trinajstić information content (AvgIpc) is 2.70. The van der Waals surface area contributed by atoms with Gasteiger partial charge in [0.25, 0.3) is 0 Å². The molecule has 1 aliphatic heterocycles. The first kappa shape index (κ1) is 13.9. The van der Waals surface area contributed by atoms with Crippen molar-refractivity contribution in [3.63, 3.8) is 0 Å². The lowest BCUT2D eigenvalue weighted by molar-refractivity contribution is 0.0696. The molecule has 1 aliphatic rings. The molecule has 108 valence electrons. The fraction of sp³-hybridized carbons (Fsp3) is 0.111. The van der Waals surface area contributed by atoms with Gasteiger partial charge < -0.3 is 9.84 Å². The van der Waals surface area contributed by atoms with Gasteiger partial charge in [0.15, 0.2) is 0 Å². The van der Waals surface area contributed by atoms with Gasteiger partial charge in [-0.15, -0.1) is 0 Å². The molecular formula is C18H13NO3. The van der Waals surface area contributed by atoms with Crippen LogP contribution in [-0.4, -0.2) is 11.1 Å². The van der Waals surface area contributed by atoms with Crippen LogP contribution in [0.2, 0.25) is 0 Å². The lowest BCUT2D eigenvalue weighted by Crippen LogP contribution is -1.99. The first-order valence-electron chi connectivity index (χ1n) is 6.81. The van der Waals surface area contributed by atoms with E-state index in [1.165, 1.54) is 12.1 Å². The maximum absolute atomic E-state index is 11.1. The zero-order chi connectivity index (χ0) is 15.7. The quantitative estimate of drug-likeness (QED) is 0.815. The number of fused-ring (bicyclic) bond motifs is 2. The number of hydrogen-bond donors (Lipinski definition) is 1. The van der Waals surface area contributed by atoms with Gasteiger partial charge in [0.2, 0.25) is 0 Å². The minimum absolute atomic E-state index is 0.165. The van der Waals surface area contributed by atoms with E-state index >= 15 is 0 Å². The van der Waals surface area contributed by atoms with E-state index in [4.69, 9.17) is 9.84 Å². The Morgan fingerprint density at radius 3 is 2.73 bits per heavy atom. The Hall–Kier alpha value is -3.06. The highest BCUT2D eigenvalue weighted by Gasteiger charge is 2.22. The second kappa shape index (κ2) is 5.38. The van der Waals surface area contributed by atoms with Crippen molar-refractivity contribution in [1.29, 1.82) is 5.26 Å². The van der Waals surface area contributed by atoms with Gasteiger partial charge in [0.05, 0.1) is 11.6 Å². The van der Waals surface area contributed by atoms with Crippen LogP contribution in [0.3, 0.4) is 0 Å². The van der Waals surface area contributed by atoms with E-state index in [0.717, 1.165) is 22.3 Å². The summed E-state index contributed by atoms with van der Waals surface area (Å²) in [7, 11) is 0. The maximum atomic E-state index is 11.1. The number of nitriles is 1. The van der Waals surface area contributed by atoms with E-state index in [1.807, 2.05) is 24.3 Å². The van der Waals surface area contributed by atoms with Crippen molar-refractivity contribution in [3.05, 3.63) is 70.3 Å². The van der Waals surface area contributed by atoms with Crippen LogP contribution in [0.1, 0.15) is 34.0 Å². The summed E-state index contributed by atoms with van der Waals surface area (Å²) in [6.07, 6.45) is 0. The van der Waals surface area contributed by atoms with Crippen molar-refractivity contribution in [1.82, 2.24) is 0 Å². The third-order valence-electron chi connectivity index (χ3n) is 3.71. The van der Waals surface area contributed by atoms with E-state index in [1.54, 1.807) is 13.0 Å². The molecule has 0 aliphatic carbocycles. The molecule has 0 unspecified atom stereocenters. The number of rotatable bonds is 1. The Labute approximate surface area is 127 Å². The normalized spacial score (nSPS) is 14.7. The summed E-state index contributed by atoms with van der Waals surface area (Å²) in [5.41, 5.74) is 4.20. The van der Waals surface area contributed by atoms with Gasteiger partial charge in [-0.2, -0.15) is 5.26 Å². The SMILES string of the molecule is C/C(C#N)=C1/c2ccccc2COc2cc(C(=O)O)ccc21. The van der Waals surface area contributed by atoms with E-state index < -0.39 is 5.97 Å². The van der Waals surface area contributed by atoms with E-state index in [9.17, 15) is 10.1 Å². The van der Waals surface area contributed by atoms with Gasteiger partial charge in [-0.25, -0.2) is 4.79 Å². The van der Waals surface area contributed by atoms with Crippen LogP contribution in [0, 0.1) is 11.3 Å². The van der Waals surface area contributed by atoms with Crippen LogP contribution in [-0.2, 0) is 6.61 Å². The van der Waals surface area contributed by atoms with Crippen LogP contribution in [0.25, 0.3) is 5.57 Å². The van der Waals surface area contributed by atoms with Gasteiger partial charge >= 0.3 is 5.97 Å². The van der Waals surface area contributed by atoms with Crippen molar-refractivity contribution in [2.24, 2.45) is 0 Å².